The fraction of sp³-hybridized carbons (Fsp3) is 0.333. The highest BCUT2D eigenvalue weighted by molar-refractivity contribution is 7.71. The molecule has 1 aromatic heterocycles. The zero-order valence-electron chi connectivity index (χ0n) is 6.07. The first-order chi connectivity index (χ1) is 5.41. The highest BCUT2D eigenvalue weighted by atomic mass is 32.1. The number of halogens is 3. The van der Waals surface area contributed by atoms with Crippen molar-refractivity contribution in [2.75, 3.05) is 0 Å². The summed E-state index contributed by atoms with van der Waals surface area (Å²) in [4.78, 5) is 0. The van der Waals surface area contributed by atoms with Crippen LogP contribution in [-0.2, 0) is 6.18 Å². The van der Waals surface area contributed by atoms with Gasteiger partial charge in [0.1, 0.15) is 5.69 Å². The first-order valence-corrected chi connectivity index (χ1v) is 3.45. The van der Waals surface area contributed by atoms with Crippen LogP contribution in [0.15, 0.2) is 6.07 Å². The number of hydrogen-bond acceptors (Lipinski definition) is 2. The van der Waals surface area contributed by atoms with Gasteiger partial charge in [-0.25, -0.2) is 0 Å². The van der Waals surface area contributed by atoms with E-state index in [2.05, 4.69) is 17.3 Å². The normalized spacial score (nSPS) is 11.7. The van der Waals surface area contributed by atoms with Gasteiger partial charge in [0.25, 0.3) is 0 Å². The van der Waals surface area contributed by atoms with Gasteiger partial charge < -0.3 is 0 Å². The van der Waals surface area contributed by atoms with E-state index in [0.29, 0.717) is 5.69 Å². The fourth-order valence-electron chi connectivity index (χ4n) is 0.612. The van der Waals surface area contributed by atoms with Crippen molar-refractivity contribution in [1.82, 2.24) is 10.2 Å². The number of aryl methyl sites for hydroxylation is 1. The van der Waals surface area contributed by atoms with E-state index in [1.54, 1.807) is 6.92 Å². The van der Waals surface area contributed by atoms with Gasteiger partial charge in [0, 0.05) is 0 Å². The molecule has 1 heterocycles. The van der Waals surface area contributed by atoms with E-state index in [4.69, 9.17) is 0 Å². The summed E-state index contributed by atoms with van der Waals surface area (Å²) in [5.41, 5.74) is -0.531. The molecule has 6 heteroatoms. The Kier molecular flexibility index (Phi) is 2.18. The monoisotopic (exact) mass is 194 g/mol. The minimum Gasteiger partial charge on any atom is -0.273 e. The van der Waals surface area contributed by atoms with Gasteiger partial charge in [0.15, 0.2) is 0 Å². The molecule has 66 valence electrons. The molecule has 1 aromatic rings. The number of aromatic amines is 1. The summed E-state index contributed by atoms with van der Waals surface area (Å²) in [6.45, 7) is 1.54. The number of aromatic nitrogens is 2. The summed E-state index contributed by atoms with van der Waals surface area (Å²) in [7, 11) is 0. The molecule has 0 spiro atoms. The molecule has 12 heavy (non-hydrogen) atoms. The van der Waals surface area contributed by atoms with Gasteiger partial charge in [0.05, 0.1) is 10.2 Å². The van der Waals surface area contributed by atoms with E-state index in [0.717, 1.165) is 6.07 Å². The summed E-state index contributed by atoms with van der Waals surface area (Å²) in [5.74, 6) is 0. The van der Waals surface area contributed by atoms with Crippen molar-refractivity contribution in [2.24, 2.45) is 0 Å². The summed E-state index contributed by atoms with van der Waals surface area (Å²) in [6.07, 6.45) is -4.41. The third-order valence-electron chi connectivity index (χ3n) is 1.28. The van der Waals surface area contributed by atoms with Crippen LogP contribution in [-0.4, -0.2) is 10.2 Å². The molecule has 0 aliphatic carbocycles. The molecule has 1 rings (SSSR count). The van der Waals surface area contributed by atoms with Crippen LogP contribution < -0.4 is 0 Å². The lowest BCUT2D eigenvalue weighted by Gasteiger charge is -2.05. The Morgan fingerprint density at radius 1 is 1.50 bits per heavy atom. The first kappa shape index (κ1) is 9.18. The molecule has 0 aliphatic heterocycles. The highest BCUT2D eigenvalue weighted by Gasteiger charge is 2.31. The Balaban J connectivity index is 3.23. The van der Waals surface area contributed by atoms with E-state index in [1.165, 1.54) is 0 Å². The van der Waals surface area contributed by atoms with Crippen LogP contribution in [0, 0.1) is 11.4 Å². The van der Waals surface area contributed by atoms with Gasteiger partial charge in [-0.3, -0.25) is 5.10 Å². The molecule has 0 aromatic carbocycles. The molecule has 2 nitrogen and oxygen atoms in total. The average molecular weight is 194 g/mol. The number of H-pyrrole nitrogens is 1. The average Bonchev–Trinajstić information content (AvgIpc) is 1.92. The standard InChI is InChI=1S/C6H5F3N2S/c1-3-4(12)2-5(11-10-3)6(7,8)9/h2H,1H3,(H,11,12). The smallest absolute Gasteiger partial charge is 0.273 e. The zero-order valence-corrected chi connectivity index (χ0v) is 6.88. The quantitative estimate of drug-likeness (QED) is 0.642. The summed E-state index contributed by atoms with van der Waals surface area (Å²) in [5, 5.41) is 5.27. The molecule has 0 saturated carbocycles. The van der Waals surface area contributed by atoms with Gasteiger partial charge in [0.2, 0.25) is 0 Å². The van der Waals surface area contributed by atoms with E-state index >= 15 is 0 Å². The summed E-state index contributed by atoms with van der Waals surface area (Å²) < 4.78 is 36.1. The second-order valence-corrected chi connectivity index (χ2v) is 2.67. The molecule has 0 fully saturated rings. The number of nitrogens with one attached hydrogen (secondary N) is 1. The topological polar surface area (TPSA) is 28.7 Å². The van der Waals surface area contributed by atoms with Crippen molar-refractivity contribution in [3.63, 3.8) is 0 Å². The van der Waals surface area contributed by atoms with E-state index in [1.807, 2.05) is 5.10 Å². The maximum Gasteiger partial charge on any atom is 0.432 e. The minimum absolute atomic E-state index is 0.112. The predicted molar refractivity (Wildman–Crippen MR) is 39.2 cm³/mol. The van der Waals surface area contributed by atoms with Gasteiger partial charge in [-0.15, -0.1) is 0 Å². The summed E-state index contributed by atoms with van der Waals surface area (Å²) >= 11 is 4.63. The fourth-order valence-corrected chi connectivity index (χ4v) is 0.776. The molecule has 0 bridgehead atoms. The number of nitrogens with zero attached hydrogens (tertiary/aromatic N) is 1. The van der Waals surface area contributed by atoms with E-state index in [-0.39, 0.29) is 4.51 Å². The lowest BCUT2D eigenvalue weighted by atomic mass is 10.3. The molecule has 0 radical (unpaired) electrons. The van der Waals surface area contributed by atoms with Crippen LogP contribution in [0.3, 0.4) is 0 Å². The van der Waals surface area contributed by atoms with Gasteiger partial charge in [-0.1, -0.05) is 12.2 Å². The highest BCUT2D eigenvalue weighted by Crippen LogP contribution is 2.26. The lowest BCUT2D eigenvalue weighted by Crippen LogP contribution is -2.09. The molecular formula is C6H5F3N2S. The molecular weight excluding hydrogens is 189 g/mol. The van der Waals surface area contributed by atoms with Crippen LogP contribution >= 0.6 is 12.2 Å². The Hall–Kier alpha value is -0.910. The van der Waals surface area contributed by atoms with Crippen molar-refractivity contribution < 1.29 is 13.2 Å². The second kappa shape index (κ2) is 2.85. The van der Waals surface area contributed by atoms with Gasteiger partial charge in [-0.2, -0.15) is 18.3 Å². The van der Waals surface area contributed by atoms with Crippen molar-refractivity contribution in [2.45, 2.75) is 13.1 Å². The molecule has 0 amide bonds. The maximum absolute atomic E-state index is 12.0. The Labute approximate surface area is 71.4 Å². The molecule has 0 aliphatic rings. The predicted octanol–water partition coefficient (Wildman–Crippen LogP) is 2.47. The molecule has 1 N–H and O–H groups in total. The molecule has 0 atom stereocenters. The van der Waals surface area contributed by atoms with Crippen LogP contribution in [0.2, 0.25) is 0 Å². The van der Waals surface area contributed by atoms with Crippen molar-refractivity contribution in [1.29, 1.82) is 0 Å². The van der Waals surface area contributed by atoms with Crippen LogP contribution in [0.1, 0.15) is 11.4 Å². The number of alkyl halides is 3. The van der Waals surface area contributed by atoms with Gasteiger partial charge >= 0.3 is 6.18 Å². The van der Waals surface area contributed by atoms with Crippen LogP contribution in [0.5, 0.6) is 0 Å². The van der Waals surface area contributed by atoms with Crippen molar-refractivity contribution in [3.8, 4) is 0 Å². The van der Waals surface area contributed by atoms with Crippen molar-refractivity contribution in [3.05, 3.63) is 22.0 Å². The third kappa shape index (κ3) is 1.82. The number of rotatable bonds is 0. The largest absolute Gasteiger partial charge is 0.432 e. The zero-order chi connectivity index (χ0) is 9.35. The first-order valence-electron chi connectivity index (χ1n) is 3.05. The van der Waals surface area contributed by atoms with Crippen molar-refractivity contribution >= 4 is 12.2 Å². The summed E-state index contributed by atoms with van der Waals surface area (Å²) in [6, 6.07) is 0.859. The van der Waals surface area contributed by atoms with Gasteiger partial charge in [-0.05, 0) is 13.0 Å². The van der Waals surface area contributed by atoms with Crippen LogP contribution in [0.25, 0.3) is 0 Å². The van der Waals surface area contributed by atoms with Crippen LogP contribution in [0.4, 0.5) is 13.2 Å². The molecule has 0 unspecified atom stereocenters. The Morgan fingerprint density at radius 2 is 2.08 bits per heavy atom. The van der Waals surface area contributed by atoms with E-state index in [9.17, 15) is 13.2 Å². The maximum atomic E-state index is 12.0. The Bertz CT molecular complexity index is 341. The Morgan fingerprint density at radius 3 is 2.50 bits per heavy atom. The van der Waals surface area contributed by atoms with E-state index < -0.39 is 11.9 Å². The minimum atomic E-state index is -4.41. The number of hydrogen-bond donors (Lipinski definition) is 1. The third-order valence-corrected chi connectivity index (χ3v) is 1.69. The second-order valence-electron chi connectivity index (χ2n) is 2.23. The lowest BCUT2D eigenvalue weighted by molar-refractivity contribution is -0.141. The molecule has 0 saturated heterocycles. The SMILES string of the molecule is Cc1n[nH]c(C(F)(F)F)cc1=S.